The molecule has 0 fully saturated rings. The molecule has 3 N–H and O–H groups in total. The van der Waals surface area contributed by atoms with Gasteiger partial charge in [0, 0.05) is 21.8 Å². The highest BCUT2D eigenvalue weighted by atomic mass is 32.2. The number of hydrogen-bond donors (Lipinski definition) is 3. The largest absolute Gasteiger partial charge is 0.497 e. The van der Waals surface area contributed by atoms with Crippen LogP contribution in [0, 0.1) is 13.8 Å². The molecule has 1 unspecified atom stereocenters. The predicted molar refractivity (Wildman–Crippen MR) is 170 cm³/mol. The summed E-state index contributed by atoms with van der Waals surface area (Å²) in [5.74, 6) is -0.352. The van der Waals surface area contributed by atoms with Crippen LogP contribution in [0.2, 0.25) is 0 Å². The Labute approximate surface area is 250 Å². The van der Waals surface area contributed by atoms with Crippen molar-refractivity contribution in [2.24, 2.45) is 0 Å². The first-order chi connectivity index (χ1) is 20.2. The maximum absolute atomic E-state index is 13.3. The Kier molecular flexibility index (Phi) is 10.2. The molecule has 0 aromatic heterocycles. The molecule has 0 spiro atoms. The number of ether oxygens (including phenoxy) is 1. The SMILES string of the molecule is COc1cccc(/C=C(\NC(=O)c2ccccc2)C(=O)Nc2ccc(SC(C)C(=O)Nc3cc(C)cc(C)c3)cc2)c1. The third kappa shape index (κ3) is 8.59. The molecule has 8 heteroatoms. The topological polar surface area (TPSA) is 96.5 Å². The van der Waals surface area contributed by atoms with Gasteiger partial charge in [-0.3, -0.25) is 14.4 Å². The standard InChI is InChI=1S/C34H33N3O4S/c1-22-17-23(2)19-28(18-22)36-32(38)24(3)42-30-15-13-27(14-16-30)35-34(40)31(21-25-9-8-12-29(20-25)41-4)37-33(39)26-10-6-5-7-11-26/h5-21,24H,1-4H3,(H,35,40)(H,36,38)(H,37,39)/b31-21-. The van der Waals surface area contributed by atoms with E-state index in [0.29, 0.717) is 22.6 Å². The van der Waals surface area contributed by atoms with E-state index >= 15 is 0 Å². The van der Waals surface area contributed by atoms with Crippen LogP contribution in [0.5, 0.6) is 5.75 Å². The van der Waals surface area contributed by atoms with E-state index in [4.69, 9.17) is 4.74 Å². The van der Waals surface area contributed by atoms with Gasteiger partial charge < -0.3 is 20.7 Å². The lowest BCUT2D eigenvalue weighted by Crippen LogP contribution is -2.30. The zero-order chi connectivity index (χ0) is 30.1. The first-order valence-corrected chi connectivity index (χ1v) is 14.3. The van der Waals surface area contributed by atoms with Gasteiger partial charge in [0.25, 0.3) is 11.8 Å². The van der Waals surface area contributed by atoms with E-state index in [9.17, 15) is 14.4 Å². The molecule has 0 heterocycles. The monoisotopic (exact) mass is 579 g/mol. The lowest BCUT2D eigenvalue weighted by molar-refractivity contribution is -0.115. The van der Waals surface area contributed by atoms with Crippen molar-refractivity contribution in [3.63, 3.8) is 0 Å². The molecule has 0 bridgehead atoms. The smallest absolute Gasteiger partial charge is 0.272 e. The number of thioether (sulfide) groups is 1. The zero-order valence-electron chi connectivity index (χ0n) is 23.9. The van der Waals surface area contributed by atoms with Gasteiger partial charge in [0.1, 0.15) is 11.4 Å². The third-order valence-corrected chi connectivity index (χ3v) is 7.33. The average molecular weight is 580 g/mol. The van der Waals surface area contributed by atoms with Crippen LogP contribution < -0.4 is 20.7 Å². The lowest BCUT2D eigenvalue weighted by atomic mass is 10.1. The van der Waals surface area contributed by atoms with E-state index in [0.717, 1.165) is 21.7 Å². The predicted octanol–water partition coefficient (Wildman–Crippen LogP) is 6.84. The van der Waals surface area contributed by atoms with Crippen molar-refractivity contribution in [3.8, 4) is 5.75 Å². The molecule has 0 saturated carbocycles. The van der Waals surface area contributed by atoms with E-state index < -0.39 is 11.8 Å². The molecule has 4 rings (SSSR count). The van der Waals surface area contributed by atoms with Gasteiger partial charge in [-0.1, -0.05) is 36.4 Å². The summed E-state index contributed by atoms with van der Waals surface area (Å²) < 4.78 is 5.29. The summed E-state index contributed by atoms with van der Waals surface area (Å²) >= 11 is 1.42. The molecule has 42 heavy (non-hydrogen) atoms. The Morgan fingerprint density at radius 1 is 0.786 bits per heavy atom. The quantitative estimate of drug-likeness (QED) is 0.141. The normalized spacial score (nSPS) is 11.8. The van der Waals surface area contributed by atoms with Crippen LogP contribution in [-0.2, 0) is 9.59 Å². The molecule has 4 aromatic rings. The van der Waals surface area contributed by atoms with Crippen molar-refractivity contribution in [1.29, 1.82) is 0 Å². The minimum absolute atomic E-state index is 0.0761. The van der Waals surface area contributed by atoms with Crippen LogP contribution in [0.3, 0.4) is 0 Å². The molecule has 214 valence electrons. The van der Waals surface area contributed by atoms with E-state index in [2.05, 4.69) is 22.0 Å². The lowest BCUT2D eigenvalue weighted by Gasteiger charge is -2.14. The van der Waals surface area contributed by atoms with E-state index in [1.807, 2.05) is 57.2 Å². The van der Waals surface area contributed by atoms with Crippen molar-refractivity contribution in [2.45, 2.75) is 30.9 Å². The number of carbonyl (C=O) groups is 3. The van der Waals surface area contributed by atoms with Crippen LogP contribution in [0.15, 0.2) is 108 Å². The van der Waals surface area contributed by atoms with Crippen LogP contribution >= 0.6 is 11.8 Å². The van der Waals surface area contributed by atoms with E-state index in [-0.39, 0.29) is 16.9 Å². The Morgan fingerprint density at radius 3 is 2.14 bits per heavy atom. The second kappa shape index (κ2) is 14.2. The van der Waals surface area contributed by atoms with Crippen molar-refractivity contribution < 1.29 is 19.1 Å². The highest BCUT2D eigenvalue weighted by Gasteiger charge is 2.17. The molecule has 0 radical (unpaired) electrons. The van der Waals surface area contributed by atoms with Crippen LogP contribution in [0.4, 0.5) is 11.4 Å². The van der Waals surface area contributed by atoms with Crippen LogP contribution in [0.1, 0.15) is 34.0 Å². The molecule has 0 aliphatic rings. The maximum atomic E-state index is 13.3. The van der Waals surface area contributed by atoms with Crippen molar-refractivity contribution in [2.75, 3.05) is 17.7 Å². The molecule has 7 nitrogen and oxygen atoms in total. The maximum Gasteiger partial charge on any atom is 0.272 e. The van der Waals surface area contributed by atoms with Gasteiger partial charge >= 0.3 is 0 Å². The number of hydrogen-bond acceptors (Lipinski definition) is 5. The molecule has 0 saturated heterocycles. The van der Waals surface area contributed by atoms with Gasteiger partial charge in [0.05, 0.1) is 12.4 Å². The number of amides is 3. The highest BCUT2D eigenvalue weighted by molar-refractivity contribution is 8.00. The fourth-order valence-electron chi connectivity index (χ4n) is 4.20. The minimum Gasteiger partial charge on any atom is -0.497 e. The van der Waals surface area contributed by atoms with Gasteiger partial charge in [-0.05, 0) is 104 Å². The van der Waals surface area contributed by atoms with Crippen LogP contribution in [-0.4, -0.2) is 30.1 Å². The third-order valence-electron chi connectivity index (χ3n) is 6.22. The molecular weight excluding hydrogens is 546 g/mol. The fraction of sp³-hybridized carbons (Fsp3) is 0.147. The van der Waals surface area contributed by atoms with Crippen molar-refractivity contribution in [3.05, 3.63) is 125 Å². The molecule has 0 aliphatic carbocycles. The van der Waals surface area contributed by atoms with Gasteiger partial charge in [-0.2, -0.15) is 0 Å². The summed E-state index contributed by atoms with van der Waals surface area (Å²) in [5, 5.41) is 8.24. The molecule has 0 aliphatic heterocycles. The Bertz CT molecular complexity index is 1580. The molecule has 4 aromatic carbocycles. The number of benzene rings is 4. The Hall–Kier alpha value is -4.82. The Balaban J connectivity index is 1.44. The number of rotatable bonds is 10. The fourth-order valence-corrected chi connectivity index (χ4v) is 5.07. The molecular formula is C34H33N3O4S. The second-order valence-electron chi connectivity index (χ2n) is 9.76. The van der Waals surface area contributed by atoms with Crippen molar-refractivity contribution >= 4 is 46.9 Å². The number of anilines is 2. The second-order valence-corrected chi connectivity index (χ2v) is 11.2. The summed E-state index contributed by atoms with van der Waals surface area (Å²) in [4.78, 5) is 39.9. The zero-order valence-corrected chi connectivity index (χ0v) is 24.8. The van der Waals surface area contributed by atoms with E-state index in [1.54, 1.807) is 67.8 Å². The summed E-state index contributed by atoms with van der Waals surface area (Å²) in [5.41, 5.74) is 4.69. The summed E-state index contributed by atoms with van der Waals surface area (Å²) in [7, 11) is 1.56. The first kappa shape index (κ1) is 30.1. The van der Waals surface area contributed by atoms with Crippen molar-refractivity contribution in [1.82, 2.24) is 5.32 Å². The van der Waals surface area contributed by atoms with Gasteiger partial charge in [0.15, 0.2) is 0 Å². The van der Waals surface area contributed by atoms with E-state index in [1.165, 1.54) is 11.8 Å². The summed E-state index contributed by atoms with van der Waals surface area (Å²) in [6.45, 7) is 5.84. The van der Waals surface area contributed by atoms with Gasteiger partial charge in [0.2, 0.25) is 5.91 Å². The average Bonchev–Trinajstić information content (AvgIpc) is 2.97. The summed E-state index contributed by atoms with van der Waals surface area (Å²) in [6.07, 6.45) is 1.60. The number of methoxy groups -OCH3 is 1. The Morgan fingerprint density at radius 2 is 1.48 bits per heavy atom. The van der Waals surface area contributed by atoms with Crippen LogP contribution in [0.25, 0.3) is 6.08 Å². The summed E-state index contributed by atoms with van der Waals surface area (Å²) in [6, 6.07) is 29.0. The molecule has 1 atom stereocenters. The number of aryl methyl sites for hydroxylation is 2. The number of carbonyl (C=O) groups excluding carboxylic acids is 3. The molecule has 3 amide bonds. The minimum atomic E-state index is -0.483. The van der Waals surface area contributed by atoms with Gasteiger partial charge in [-0.25, -0.2) is 0 Å². The number of nitrogens with one attached hydrogen (secondary N) is 3. The first-order valence-electron chi connectivity index (χ1n) is 13.4. The van der Waals surface area contributed by atoms with Gasteiger partial charge in [-0.15, -0.1) is 11.8 Å². The highest BCUT2D eigenvalue weighted by Crippen LogP contribution is 2.26.